The molecule has 1 aromatic rings. The van der Waals surface area contributed by atoms with Crippen LogP contribution in [0.3, 0.4) is 0 Å². The summed E-state index contributed by atoms with van der Waals surface area (Å²) in [4.78, 5) is 0. The molecule has 2 fully saturated rings. The number of thiophene rings is 1. The Morgan fingerprint density at radius 2 is 2.33 bits per heavy atom. The monoisotopic (exact) mass is 283 g/mol. The number of rotatable bonds is 5. The number of hydrogen-bond donors (Lipinski definition) is 2. The maximum absolute atomic E-state index is 9.79. The third-order valence-electron chi connectivity index (χ3n) is 3.97. The average molecular weight is 283 g/mol. The van der Waals surface area contributed by atoms with E-state index in [1.165, 1.54) is 29.9 Å². The highest BCUT2D eigenvalue weighted by molar-refractivity contribution is 8.01. The van der Waals surface area contributed by atoms with Gasteiger partial charge in [-0.3, -0.25) is 0 Å². The van der Waals surface area contributed by atoms with Gasteiger partial charge in [0, 0.05) is 16.8 Å². The number of thioether (sulfide) groups is 1. The van der Waals surface area contributed by atoms with Gasteiger partial charge in [-0.25, -0.2) is 0 Å². The Morgan fingerprint density at radius 1 is 1.44 bits per heavy atom. The molecule has 2 saturated carbocycles. The van der Waals surface area contributed by atoms with Crippen molar-refractivity contribution in [1.82, 2.24) is 5.32 Å². The molecular formula is C14H21NOS2. The predicted molar refractivity (Wildman–Crippen MR) is 78.4 cm³/mol. The van der Waals surface area contributed by atoms with Crippen LogP contribution in [-0.2, 0) is 0 Å². The highest BCUT2D eigenvalue weighted by atomic mass is 32.2. The summed E-state index contributed by atoms with van der Waals surface area (Å²) in [5.41, 5.74) is 0.00828. The second kappa shape index (κ2) is 5.53. The van der Waals surface area contributed by atoms with E-state index in [9.17, 15) is 5.11 Å². The maximum atomic E-state index is 9.79. The van der Waals surface area contributed by atoms with Gasteiger partial charge in [-0.15, -0.1) is 23.1 Å². The van der Waals surface area contributed by atoms with Crippen LogP contribution in [0.15, 0.2) is 21.7 Å². The van der Waals surface area contributed by atoms with Crippen LogP contribution in [0.5, 0.6) is 0 Å². The molecule has 0 radical (unpaired) electrons. The van der Waals surface area contributed by atoms with Gasteiger partial charge < -0.3 is 10.4 Å². The fourth-order valence-electron chi connectivity index (χ4n) is 2.88. The molecule has 18 heavy (non-hydrogen) atoms. The van der Waals surface area contributed by atoms with Crippen LogP contribution in [-0.4, -0.2) is 28.5 Å². The van der Waals surface area contributed by atoms with Crippen molar-refractivity contribution in [2.24, 2.45) is 0 Å². The van der Waals surface area contributed by atoms with E-state index in [1.807, 2.05) is 23.1 Å². The van der Waals surface area contributed by atoms with Crippen molar-refractivity contribution >= 4 is 23.1 Å². The highest BCUT2D eigenvalue weighted by Gasteiger charge is 2.40. The quantitative estimate of drug-likeness (QED) is 0.870. The van der Waals surface area contributed by atoms with Gasteiger partial charge in [-0.1, -0.05) is 12.5 Å². The fourth-order valence-corrected chi connectivity index (χ4v) is 5.30. The molecule has 2 aliphatic carbocycles. The molecule has 0 aromatic carbocycles. The summed E-state index contributed by atoms with van der Waals surface area (Å²) in [5.74, 6) is 0. The van der Waals surface area contributed by atoms with Crippen LogP contribution in [0.1, 0.15) is 38.5 Å². The third kappa shape index (κ3) is 3.10. The topological polar surface area (TPSA) is 32.3 Å². The summed E-state index contributed by atoms with van der Waals surface area (Å²) in [6.45, 7) is 0.297. The lowest BCUT2D eigenvalue weighted by Crippen LogP contribution is -2.53. The van der Waals surface area contributed by atoms with E-state index >= 15 is 0 Å². The van der Waals surface area contributed by atoms with E-state index in [4.69, 9.17) is 0 Å². The van der Waals surface area contributed by atoms with E-state index in [-0.39, 0.29) is 5.54 Å². The van der Waals surface area contributed by atoms with Gasteiger partial charge >= 0.3 is 0 Å². The normalized spacial score (nSPS) is 32.6. The van der Waals surface area contributed by atoms with Gasteiger partial charge in [0.2, 0.25) is 0 Å². The van der Waals surface area contributed by atoms with Crippen LogP contribution in [0, 0.1) is 0 Å². The first-order chi connectivity index (χ1) is 8.80. The zero-order valence-electron chi connectivity index (χ0n) is 10.6. The molecule has 1 heterocycles. The second-order valence-electron chi connectivity index (χ2n) is 5.63. The molecule has 3 rings (SSSR count). The molecule has 0 aliphatic heterocycles. The van der Waals surface area contributed by atoms with Crippen molar-refractivity contribution < 1.29 is 5.11 Å². The smallest absolute Gasteiger partial charge is 0.0613 e. The van der Waals surface area contributed by atoms with Crippen LogP contribution in [0.2, 0.25) is 0 Å². The number of aliphatic hydroxyl groups is 1. The minimum Gasteiger partial charge on any atom is -0.394 e. The largest absolute Gasteiger partial charge is 0.394 e. The van der Waals surface area contributed by atoms with Crippen molar-refractivity contribution in [3.8, 4) is 0 Å². The maximum Gasteiger partial charge on any atom is 0.0613 e. The minimum absolute atomic E-state index is 0.00828. The van der Waals surface area contributed by atoms with Crippen molar-refractivity contribution in [1.29, 1.82) is 0 Å². The molecule has 2 nitrogen and oxygen atoms in total. The van der Waals surface area contributed by atoms with Gasteiger partial charge in [-0.2, -0.15) is 0 Å². The molecular weight excluding hydrogens is 262 g/mol. The molecule has 0 bridgehead atoms. The summed E-state index contributed by atoms with van der Waals surface area (Å²) in [5, 5.41) is 16.3. The minimum atomic E-state index is 0.00828. The average Bonchev–Trinajstić information content (AvgIpc) is 3.03. The van der Waals surface area contributed by atoms with Crippen LogP contribution in [0.25, 0.3) is 0 Å². The first-order valence-electron chi connectivity index (χ1n) is 6.88. The Kier molecular flexibility index (Phi) is 3.99. The first-order valence-corrected chi connectivity index (χ1v) is 8.64. The molecule has 1 aromatic heterocycles. The highest BCUT2D eigenvalue weighted by Crippen LogP contribution is 2.40. The van der Waals surface area contributed by atoms with E-state index in [0.717, 1.165) is 12.8 Å². The van der Waals surface area contributed by atoms with E-state index < -0.39 is 0 Å². The Balaban J connectivity index is 1.62. The lowest BCUT2D eigenvalue weighted by Gasteiger charge is -2.40. The van der Waals surface area contributed by atoms with Gasteiger partial charge in [0.25, 0.3) is 0 Å². The summed E-state index contributed by atoms with van der Waals surface area (Å²) in [7, 11) is 0. The molecule has 4 heteroatoms. The van der Waals surface area contributed by atoms with Gasteiger partial charge in [0.15, 0.2) is 0 Å². The zero-order chi connectivity index (χ0) is 12.4. The summed E-state index contributed by atoms with van der Waals surface area (Å²) in [6, 6.07) is 5.01. The standard InChI is InChI=1S/C14H21NOS2/c16-10-14(15-11-5-6-11)7-1-3-12(9-14)18-13-4-2-8-17-13/h2,4,8,11-12,15-16H,1,3,5-7,9-10H2. The molecule has 0 spiro atoms. The van der Waals surface area contributed by atoms with Crippen LogP contribution < -0.4 is 5.32 Å². The molecule has 2 N–H and O–H groups in total. The van der Waals surface area contributed by atoms with Crippen LogP contribution >= 0.6 is 23.1 Å². The predicted octanol–water partition coefficient (Wildman–Crippen LogP) is 3.27. The molecule has 2 atom stereocenters. The van der Waals surface area contributed by atoms with E-state index in [0.29, 0.717) is 17.9 Å². The van der Waals surface area contributed by atoms with Crippen molar-refractivity contribution in [2.75, 3.05) is 6.61 Å². The lowest BCUT2D eigenvalue weighted by atomic mass is 9.82. The SMILES string of the molecule is OCC1(NC2CC2)CCCC(Sc2cccs2)C1. The van der Waals surface area contributed by atoms with Crippen molar-refractivity contribution in [2.45, 2.75) is 59.6 Å². The summed E-state index contributed by atoms with van der Waals surface area (Å²) >= 11 is 3.83. The second-order valence-corrected chi connectivity index (χ2v) is 8.17. The molecule has 100 valence electrons. The fraction of sp³-hybridized carbons (Fsp3) is 0.714. The van der Waals surface area contributed by atoms with Crippen molar-refractivity contribution in [3.05, 3.63) is 17.5 Å². The number of hydrogen-bond acceptors (Lipinski definition) is 4. The molecule has 0 saturated heterocycles. The van der Waals surface area contributed by atoms with Crippen LogP contribution in [0.4, 0.5) is 0 Å². The number of nitrogens with one attached hydrogen (secondary N) is 1. The Morgan fingerprint density at radius 3 is 3.00 bits per heavy atom. The third-order valence-corrected chi connectivity index (χ3v) is 6.31. The lowest BCUT2D eigenvalue weighted by molar-refractivity contribution is 0.122. The van der Waals surface area contributed by atoms with Gasteiger partial charge in [0.1, 0.15) is 0 Å². The number of aliphatic hydroxyl groups excluding tert-OH is 1. The summed E-state index contributed by atoms with van der Waals surface area (Å²) in [6.07, 6.45) is 7.37. The molecule has 2 aliphatic rings. The van der Waals surface area contributed by atoms with Gasteiger partial charge in [-0.05, 0) is 43.6 Å². The van der Waals surface area contributed by atoms with Crippen molar-refractivity contribution in [3.63, 3.8) is 0 Å². The van der Waals surface area contributed by atoms with E-state index in [1.54, 1.807) is 0 Å². The Labute approximate surface area is 117 Å². The zero-order valence-corrected chi connectivity index (χ0v) is 12.2. The Bertz CT molecular complexity index is 377. The van der Waals surface area contributed by atoms with E-state index in [2.05, 4.69) is 22.8 Å². The Hall–Kier alpha value is -0.0300. The van der Waals surface area contributed by atoms with Gasteiger partial charge in [0.05, 0.1) is 10.8 Å². The molecule has 0 amide bonds. The first kappa shape index (κ1) is 13.0. The summed E-state index contributed by atoms with van der Waals surface area (Å²) < 4.78 is 1.42. The molecule has 2 unspecified atom stereocenters.